The number of carbonyl (C=O) groups is 3. The summed E-state index contributed by atoms with van der Waals surface area (Å²) in [5.41, 5.74) is 6.51. The number of Topliss-reactive ketones (excluding diaryl/α,β-unsaturated/α-hetero) is 1. The van der Waals surface area contributed by atoms with Gasteiger partial charge in [-0.3, -0.25) is 14.4 Å². The number of carbonyl (C=O) groups excluding carboxylic acids is 3. The van der Waals surface area contributed by atoms with Gasteiger partial charge in [0.25, 0.3) is 0 Å². The van der Waals surface area contributed by atoms with Gasteiger partial charge in [0.2, 0.25) is 5.91 Å². The fourth-order valence-electron chi connectivity index (χ4n) is 6.98. The number of nitrogens with one attached hydrogen (secondary N) is 2. The van der Waals surface area contributed by atoms with Crippen LogP contribution in [0, 0.1) is 23.7 Å². The third-order valence-electron chi connectivity index (χ3n) is 9.38. The zero-order chi connectivity index (χ0) is 28.6. The second kappa shape index (κ2) is 14.1. The van der Waals surface area contributed by atoms with Crippen molar-refractivity contribution in [2.75, 3.05) is 31.3 Å². The van der Waals surface area contributed by atoms with Crippen molar-refractivity contribution in [2.45, 2.75) is 70.6 Å². The Morgan fingerprint density at radius 3 is 2.37 bits per heavy atom. The van der Waals surface area contributed by atoms with Gasteiger partial charge in [-0.1, -0.05) is 55.3 Å². The van der Waals surface area contributed by atoms with Crippen molar-refractivity contribution < 1.29 is 19.1 Å². The van der Waals surface area contributed by atoms with Crippen molar-refractivity contribution >= 4 is 23.3 Å². The summed E-state index contributed by atoms with van der Waals surface area (Å²) in [5, 5.41) is 5.36. The average Bonchev–Trinajstić information content (AvgIpc) is 3.53. The molecule has 2 unspecified atom stereocenters. The number of hydrogen-bond acceptors (Lipinski definition) is 6. The van der Waals surface area contributed by atoms with Crippen LogP contribution < -0.4 is 15.8 Å². The van der Waals surface area contributed by atoms with Crippen molar-refractivity contribution in [3.8, 4) is 0 Å². The van der Waals surface area contributed by atoms with Crippen LogP contribution in [0.1, 0.15) is 75.3 Å². The van der Waals surface area contributed by atoms with Gasteiger partial charge in [0, 0.05) is 19.0 Å². The first-order chi connectivity index (χ1) is 20.0. The number of ketones is 1. The van der Waals surface area contributed by atoms with Gasteiger partial charge < -0.3 is 15.1 Å². The fourth-order valence-corrected chi connectivity index (χ4v) is 6.98. The molecular formula is C34H45N3O4. The molecule has 0 radical (unpaired) electrons. The number of ether oxygens (including phenoxy) is 1. The van der Waals surface area contributed by atoms with E-state index in [9.17, 15) is 14.4 Å². The van der Waals surface area contributed by atoms with Gasteiger partial charge in [0.1, 0.15) is 0 Å². The Hall–Kier alpha value is -3.19. The Bertz CT molecular complexity index is 1150. The van der Waals surface area contributed by atoms with Crippen LogP contribution in [0.3, 0.4) is 0 Å². The van der Waals surface area contributed by atoms with E-state index in [0.717, 1.165) is 55.3 Å². The molecule has 2 N–H and O–H groups in total. The highest BCUT2D eigenvalue weighted by Gasteiger charge is 2.34. The van der Waals surface area contributed by atoms with E-state index in [1.165, 1.54) is 12.8 Å². The topological polar surface area (TPSA) is 87.7 Å². The molecule has 7 heteroatoms. The molecule has 0 spiro atoms. The molecule has 3 aliphatic rings. The summed E-state index contributed by atoms with van der Waals surface area (Å²) in [6.07, 6.45) is 8.81. The third kappa shape index (κ3) is 7.56. The Kier molecular flexibility index (Phi) is 10.1. The van der Waals surface area contributed by atoms with Crippen molar-refractivity contribution in [2.24, 2.45) is 23.7 Å². The molecule has 2 aromatic rings. The summed E-state index contributed by atoms with van der Waals surface area (Å²) < 4.78 is 5.20. The van der Waals surface area contributed by atoms with Crippen LogP contribution >= 0.6 is 0 Å². The van der Waals surface area contributed by atoms with Crippen LogP contribution in [0.4, 0.5) is 5.69 Å². The van der Waals surface area contributed by atoms with E-state index in [2.05, 4.69) is 52.1 Å². The lowest BCUT2D eigenvalue weighted by Crippen LogP contribution is -2.52. The number of hydrogen-bond donors (Lipinski definition) is 2. The van der Waals surface area contributed by atoms with Crippen molar-refractivity contribution in [1.82, 2.24) is 10.7 Å². The molecule has 0 bridgehead atoms. The van der Waals surface area contributed by atoms with Crippen LogP contribution in [0.2, 0.25) is 0 Å². The lowest BCUT2D eigenvalue weighted by atomic mass is 9.81. The highest BCUT2D eigenvalue weighted by atomic mass is 16.5. The van der Waals surface area contributed by atoms with Gasteiger partial charge in [-0.25, -0.2) is 5.43 Å². The second-order valence-corrected chi connectivity index (χ2v) is 12.1. The van der Waals surface area contributed by atoms with Gasteiger partial charge in [0.05, 0.1) is 30.7 Å². The van der Waals surface area contributed by atoms with Crippen LogP contribution in [0.5, 0.6) is 0 Å². The molecular weight excluding hydrogens is 514 g/mol. The van der Waals surface area contributed by atoms with Gasteiger partial charge >= 0.3 is 5.97 Å². The maximum absolute atomic E-state index is 13.6. The van der Waals surface area contributed by atoms with Crippen molar-refractivity contribution in [3.05, 3.63) is 65.7 Å². The minimum absolute atomic E-state index is 0.00762. The largest absolute Gasteiger partial charge is 0.466 e. The molecule has 1 saturated heterocycles. The summed E-state index contributed by atoms with van der Waals surface area (Å²) in [7, 11) is 0. The van der Waals surface area contributed by atoms with Crippen LogP contribution in [0.15, 0.2) is 54.6 Å². The summed E-state index contributed by atoms with van der Waals surface area (Å²) in [6, 6.07) is 18.6. The summed E-state index contributed by atoms with van der Waals surface area (Å²) in [4.78, 5) is 38.4. The molecule has 220 valence electrons. The molecule has 3 fully saturated rings. The number of anilines is 1. The Labute approximate surface area is 244 Å². The molecule has 1 aliphatic heterocycles. The Morgan fingerprint density at radius 1 is 0.976 bits per heavy atom. The molecule has 2 aliphatic carbocycles. The van der Waals surface area contributed by atoms with E-state index >= 15 is 0 Å². The third-order valence-corrected chi connectivity index (χ3v) is 9.38. The number of para-hydroxylation sites is 1. The molecule has 1 amide bonds. The van der Waals surface area contributed by atoms with Gasteiger partial charge in [-0.2, -0.15) is 0 Å². The maximum Gasteiger partial charge on any atom is 0.308 e. The second-order valence-electron chi connectivity index (χ2n) is 12.1. The smallest absolute Gasteiger partial charge is 0.308 e. The number of benzene rings is 2. The maximum atomic E-state index is 13.6. The fraction of sp³-hybridized carbons (Fsp3) is 0.559. The molecule has 1 heterocycles. The molecule has 2 saturated carbocycles. The SMILES string of the molecule is CCOC(=O)C1CCC(CNC(=O)C(c2ccc(CC3CN(c4ccccc4)NCC3=O)cc2)C2CCCC2)CC1. The van der Waals surface area contributed by atoms with E-state index in [1.807, 2.05) is 25.1 Å². The average molecular weight is 560 g/mol. The van der Waals surface area contributed by atoms with E-state index in [0.29, 0.717) is 44.5 Å². The lowest BCUT2D eigenvalue weighted by molar-refractivity contribution is -0.149. The summed E-state index contributed by atoms with van der Waals surface area (Å²) in [5.74, 6) is 0.864. The predicted octanol–water partition coefficient (Wildman–Crippen LogP) is 5.20. The number of hydrazine groups is 1. The Morgan fingerprint density at radius 2 is 1.68 bits per heavy atom. The van der Waals surface area contributed by atoms with Gasteiger partial charge in [-0.05, 0) is 87.0 Å². The number of nitrogens with zero attached hydrogens (tertiary/aromatic N) is 1. The normalized spacial score (nSPS) is 24.2. The van der Waals surface area contributed by atoms with Crippen LogP contribution in [-0.4, -0.2) is 43.9 Å². The van der Waals surface area contributed by atoms with E-state index in [4.69, 9.17) is 4.74 Å². The first-order valence-electron chi connectivity index (χ1n) is 15.6. The number of amides is 1. The van der Waals surface area contributed by atoms with Crippen LogP contribution in [0.25, 0.3) is 0 Å². The molecule has 7 nitrogen and oxygen atoms in total. The predicted molar refractivity (Wildman–Crippen MR) is 160 cm³/mol. The zero-order valence-corrected chi connectivity index (χ0v) is 24.4. The zero-order valence-electron chi connectivity index (χ0n) is 24.4. The molecule has 0 aromatic heterocycles. The molecule has 5 rings (SSSR count). The highest BCUT2D eigenvalue weighted by molar-refractivity contribution is 5.85. The standard InChI is InChI=1S/C34H45N3O4/c1-2-41-34(40)28-18-14-25(15-19-28)21-35-33(39)32(26-8-6-7-9-26)27-16-12-24(13-17-27)20-29-23-37(36-22-31(29)38)30-10-4-3-5-11-30/h3-5,10-13,16-17,25-26,28-29,32,36H,2,6-9,14-15,18-23H2,1H3,(H,35,39). The van der Waals surface area contributed by atoms with E-state index < -0.39 is 0 Å². The minimum atomic E-state index is -0.142. The van der Waals surface area contributed by atoms with E-state index in [1.54, 1.807) is 0 Å². The van der Waals surface area contributed by atoms with Gasteiger partial charge in [0.15, 0.2) is 5.78 Å². The molecule has 2 atom stereocenters. The van der Waals surface area contributed by atoms with Gasteiger partial charge in [-0.15, -0.1) is 0 Å². The quantitative estimate of drug-likeness (QED) is 0.389. The minimum Gasteiger partial charge on any atom is -0.466 e. The lowest BCUT2D eigenvalue weighted by Gasteiger charge is -2.34. The monoisotopic (exact) mass is 559 g/mol. The van der Waals surface area contributed by atoms with E-state index in [-0.39, 0.29) is 35.4 Å². The summed E-state index contributed by atoms with van der Waals surface area (Å²) >= 11 is 0. The van der Waals surface area contributed by atoms with Crippen LogP contribution in [-0.2, 0) is 25.5 Å². The molecule has 2 aromatic carbocycles. The number of rotatable bonds is 10. The van der Waals surface area contributed by atoms with Crippen molar-refractivity contribution in [3.63, 3.8) is 0 Å². The van der Waals surface area contributed by atoms with Crippen molar-refractivity contribution in [1.29, 1.82) is 0 Å². The Balaban J connectivity index is 1.18. The number of esters is 1. The molecule has 41 heavy (non-hydrogen) atoms. The highest BCUT2D eigenvalue weighted by Crippen LogP contribution is 2.38. The first-order valence-corrected chi connectivity index (χ1v) is 15.6. The first kappa shape index (κ1) is 29.3. The summed E-state index contributed by atoms with van der Waals surface area (Å²) in [6.45, 7) is 3.93.